The summed E-state index contributed by atoms with van der Waals surface area (Å²) in [4.78, 5) is 23.1. The lowest BCUT2D eigenvalue weighted by Crippen LogP contribution is -2.35. The third kappa shape index (κ3) is 8.85. The maximum absolute atomic E-state index is 11.6. The average Bonchev–Trinajstić information content (AvgIpc) is 2.52. The van der Waals surface area contributed by atoms with Gasteiger partial charge in [-0.05, 0) is 30.8 Å². The number of amides is 2. The van der Waals surface area contributed by atoms with Crippen LogP contribution in [0.15, 0.2) is 36.5 Å². The van der Waals surface area contributed by atoms with Gasteiger partial charge in [0.05, 0.1) is 6.54 Å². The van der Waals surface area contributed by atoms with E-state index in [9.17, 15) is 9.59 Å². The number of ether oxygens (including phenoxy) is 1. The number of likely N-dealkylation sites (N-methyl/N-ethyl adjacent to an activating group) is 1. The predicted molar refractivity (Wildman–Crippen MR) is 90.4 cm³/mol. The van der Waals surface area contributed by atoms with Crippen LogP contribution in [0.5, 0.6) is 5.75 Å². The summed E-state index contributed by atoms with van der Waals surface area (Å²) in [7, 11) is 0. The Labute approximate surface area is 141 Å². The van der Waals surface area contributed by atoms with Crippen molar-refractivity contribution >= 4 is 23.4 Å². The zero-order chi connectivity index (χ0) is 17.1. The zero-order valence-electron chi connectivity index (χ0n) is 13.2. The van der Waals surface area contributed by atoms with E-state index in [0.717, 1.165) is 6.54 Å². The van der Waals surface area contributed by atoms with Gasteiger partial charge in [-0.3, -0.25) is 9.59 Å². The van der Waals surface area contributed by atoms with Gasteiger partial charge in [-0.15, -0.1) is 0 Å². The SMILES string of the molecule is C=C(CCNC(=O)COc1ccc(Cl)cc1)NC(=O)CNCC. The molecular weight excluding hydrogens is 318 g/mol. The highest BCUT2D eigenvalue weighted by Gasteiger charge is 2.05. The second-order valence-electron chi connectivity index (χ2n) is 4.77. The van der Waals surface area contributed by atoms with Crippen molar-refractivity contribution < 1.29 is 14.3 Å². The first-order chi connectivity index (χ1) is 11.0. The highest BCUT2D eigenvalue weighted by molar-refractivity contribution is 6.30. The lowest BCUT2D eigenvalue weighted by molar-refractivity contribution is -0.123. The van der Waals surface area contributed by atoms with E-state index in [4.69, 9.17) is 16.3 Å². The van der Waals surface area contributed by atoms with Crippen molar-refractivity contribution in [3.8, 4) is 5.75 Å². The monoisotopic (exact) mass is 339 g/mol. The van der Waals surface area contributed by atoms with Crippen LogP contribution in [0.2, 0.25) is 5.02 Å². The molecule has 0 heterocycles. The number of carbonyl (C=O) groups is 2. The van der Waals surface area contributed by atoms with Crippen molar-refractivity contribution in [2.45, 2.75) is 13.3 Å². The summed E-state index contributed by atoms with van der Waals surface area (Å²) in [6.07, 6.45) is 0.463. The maximum atomic E-state index is 11.6. The first-order valence-corrected chi connectivity index (χ1v) is 7.72. The summed E-state index contributed by atoms with van der Waals surface area (Å²) in [6, 6.07) is 6.76. The van der Waals surface area contributed by atoms with Crippen LogP contribution in [0.3, 0.4) is 0 Å². The first-order valence-electron chi connectivity index (χ1n) is 7.34. The molecule has 6 nitrogen and oxygen atoms in total. The van der Waals surface area contributed by atoms with Gasteiger partial charge in [0.25, 0.3) is 5.91 Å². The molecule has 1 rings (SSSR count). The zero-order valence-corrected chi connectivity index (χ0v) is 13.9. The largest absolute Gasteiger partial charge is 0.484 e. The molecule has 0 aliphatic carbocycles. The normalized spacial score (nSPS) is 10.0. The Bertz CT molecular complexity index is 532. The molecule has 7 heteroatoms. The molecule has 1 aromatic rings. The Morgan fingerprint density at radius 1 is 1.22 bits per heavy atom. The van der Waals surface area contributed by atoms with Crippen molar-refractivity contribution in [1.29, 1.82) is 0 Å². The molecule has 126 valence electrons. The summed E-state index contributed by atoms with van der Waals surface area (Å²) in [5, 5.41) is 8.88. The van der Waals surface area contributed by atoms with E-state index in [1.807, 2.05) is 6.92 Å². The number of carbonyl (C=O) groups excluding carboxylic acids is 2. The van der Waals surface area contributed by atoms with Gasteiger partial charge in [0.15, 0.2) is 6.61 Å². The summed E-state index contributed by atoms with van der Waals surface area (Å²) in [5.41, 5.74) is 0.562. The molecule has 0 aliphatic rings. The number of hydrogen-bond donors (Lipinski definition) is 3. The molecule has 0 radical (unpaired) electrons. The molecule has 0 spiro atoms. The minimum Gasteiger partial charge on any atom is -0.484 e. The molecule has 0 saturated heterocycles. The second-order valence-corrected chi connectivity index (χ2v) is 5.21. The number of nitrogens with one attached hydrogen (secondary N) is 3. The minimum atomic E-state index is -0.244. The van der Waals surface area contributed by atoms with Crippen LogP contribution in [0.25, 0.3) is 0 Å². The summed E-state index contributed by atoms with van der Waals surface area (Å²) < 4.78 is 5.32. The minimum absolute atomic E-state index is 0.0825. The first kappa shape index (κ1) is 19.0. The van der Waals surface area contributed by atoms with Crippen molar-refractivity contribution in [3.05, 3.63) is 41.6 Å². The molecule has 0 aliphatic heterocycles. The maximum Gasteiger partial charge on any atom is 0.257 e. The molecule has 23 heavy (non-hydrogen) atoms. The Balaban J connectivity index is 2.14. The summed E-state index contributed by atoms with van der Waals surface area (Å²) >= 11 is 5.76. The molecule has 0 aromatic heterocycles. The summed E-state index contributed by atoms with van der Waals surface area (Å²) in [5.74, 6) is 0.186. The van der Waals surface area contributed by atoms with Crippen LogP contribution in [-0.2, 0) is 9.59 Å². The molecule has 0 atom stereocenters. The van der Waals surface area contributed by atoms with Gasteiger partial charge in [0.1, 0.15) is 5.75 Å². The van der Waals surface area contributed by atoms with Crippen LogP contribution >= 0.6 is 11.6 Å². The Morgan fingerprint density at radius 2 is 1.91 bits per heavy atom. The van der Waals surface area contributed by atoms with E-state index >= 15 is 0 Å². The molecule has 1 aromatic carbocycles. The van der Waals surface area contributed by atoms with Crippen molar-refractivity contribution in [3.63, 3.8) is 0 Å². The van der Waals surface area contributed by atoms with E-state index < -0.39 is 0 Å². The predicted octanol–water partition coefficient (Wildman–Crippen LogP) is 1.46. The second kappa shape index (κ2) is 10.6. The van der Waals surface area contributed by atoms with Crippen LogP contribution < -0.4 is 20.7 Å². The third-order valence-corrected chi connectivity index (χ3v) is 3.04. The fraction of sp³-hybridized carbons (Fsp3) is 0.375. The molecule has 0 fully saturated rings. The van der Waals surface area contributed by atoms with Gasteiger partial charge in [-0.2, -0.15) is 0 Å². The third-order valence-electron chi connectivity index (χ3n) is 2.78. The van der Waals surface area contributed by atoms with Crippen LogP contribution in [-0.4, -0.2) is 38.1 Å². The molecule has 0 unspecified atom stereocenters. The van der Waals surface area contributed by atoms with Crippen molar-refractivity contribution in [2.75, 3.05) is 26.2 Å². The van der Waals surface area contributed by atoms with E-state index in [-0.39, 0.29) is 25.0 Å². The van der Waals surface area contributed by atoms with Gasteiger partial charge in [0, 0.05) is 23.7 Å². The van der Waals surface area contributed by atoms with E-state index in [1.165, 1.54) is 0 Å². The average molecular weight is 340 g/mol. The topological polar surface area (TPSA) is 79.5 Å². The Hall–Kier alpha value is -2.05. The smallest absolute Gasteiger partial charge is 0.257 e. The van der Waals surface area contributed by atoms with E-state index in [0.29, 0.717) is 29.4 Å². The van der Waals surface area contributed by atoms with E-state index in [2.05, 4.69) is 22.5 Å². The van der Waals surface area contributed by atoms with Crippen LogP contribution in [0, 0.1) is 0 Å². The molecule has 3 N–H and O–H groups in total. The molecular formula is C16H22ClN3O3. The lowest BCUT2D eigenvalue weighted by atomic mass is 10.3. The molecule has 2 amide bonds. The lowest BCUT2D eigenvalue weighted by Gasteiger charge is -2.10. The van der Waals surface area contributed by atoms with Gasteiger partial charge in [0.2, 0.25) is 5.91 Å². The van der Waals surface area contributed by atoms with Gasteiger partial charge < -0.3 is 20.7 Å². The van der Waals surface area contributed by atoms with Crippen molar-refractivity contribution in [2.24, 2.45) is 0 Å². The highest BCUT2D eigenvalue weighted by atomic mass is 35.5. The number of halogens is 1. The number of rotatable bonds is 10. The number of hydrogen-bond acceptors (Lipinski definition) is 4. The standard InChI is InChI=1S/C16H22ClN3O3/c1-3-18-10-15(21)20-12(2)8-9-19-16(22)11-23-14-6-4-13(17)5-7-14/h4-7,18H,2-3,8-11H2,1H3,(H,19,22)(H,20,21). The Morgan fingerprint density at radius 3 is 2.57 bits per heavy atom. The highest BCUT2D eigenvalue weighted by Crippen LogP contribution is 2.15. The number of benzene rings is 1. The van der Waals surface area contributed by atoms with Crippen molar-refractivity contribution in [1.82, 2.24) is 16.0 Å². The fourth-order valence-corrected chi connectivity index (χ4v) is 1.75. The fourth-order valence-electron chi connectivity index (χ4n) is 1.63. The summed E-state index contributed by atoms with van der Waals surface area (Å²) in [6.45, 7) is 6.94. The Kier molecular flexibility index (Phi) is 8.79. The molecule has 0 bridgehead atoms. The van der Waals surface area contributed by atoms with Gasteiger partial charge in [-0.25, -0.2) is 0 Å². The molecule has 0 saturated carbocycles. The van der Waals surface area contributed by atoms with E-state index in [1.54, 1.807) is 24.3 Å². The van der Waals surface area contributed by atoms with Crippen LogP contribution in [0.1, 0.15) is 13.3 Å². The van der Waals surface area contributed by atoms with Crippen LogP contribution in [0.4, 0.5) is 0 Å². The van der Waals surface area contributed by atoms with Gasteiger partial charge >= 0.3 is 0 Å². The quantitative estimate of drug-likeness (QED) is 0.603. The van der Waals surface area contributed by atoms with Gasteiger partial charge in [-0.1, -0.05) is 25.1 Å².